The number of nitrogens with one attached hydrogen (secondary N) is 1. The topological polar surface area (TPSA) is 15.3 Å². The fourth-order valence-corrected chi connectivity index (χ4v) is 3.21. The molecule has 0 aromatic carbocycles. The highest BCUT2D eigenvalue weighted by Crippen LogP contribution is 2.19. The minimum Gasteiger partial charge on any atom is -0.315 e. The van der Waals surface area contributed by atoms with Crippen molar-refractivity contribution in [2.45, 2.75) is 84.2 Å². The molecule has 1 heterocycles. The van der Waals surface area contributed by atoms with Gasteiger partial charge in [-0.15, -0.1) is 0 Å². The molecule has 1 fully saturated rings. The lowest BCUT2D eigenvalue weighted by molar-refractivity contribution is 0.190. The Morgan fingerprint density at radius 2 is 2.00 bits per heavy atom. The van der Waals surface area contributed by atoms with Gasteiger partial charge in [-0.3, -0.25) is 0 Å². The number of nitrogens with zero attached hydrogens (tertiary/aromatic N) is 1. The second-order valence-corrected chi connectivity index (χ2v) is 5.90. The Balaban J connectivity index is 2.15. The maximum Gasteiger partial charge on any atom is 0.00926 e. The summed E-state index contributed by atoms with van der Waals surface area (Å²) in [5, 5.41) is 3.50. The highest BCUT2D eigenvalue weighted by molar-refractivity contribution is 4.74. The second kappa shape index (κ2) is 9.80. The van der Waals surface area contributed by atoms with E-state index in [2.05, 4.69) is 31.0 Å². The van der Waals surface area contributed by atoms with Crippen LogP contribution in [0.25, 0.3) is 0 Å². The summed E-state index contributed by atoms with van der Waals surface area (Å²) in [7, 11) is 0. The average Bonchev–Trinajstić information content (AvgIpc) is 2.60. The highest BCUT2D eigenvalue weighted by atomic mass is 15.1. The van der Waals surface area contributed by atoms with Crippen LogP contribution >= 0.6 is 0 Å². The van der Waals surface area contributed by atoms with Crippen molar-refractivity contribution in [3.05, 3.63) is 0 Å². The fourth-order valence-electron chi connectivity index (χ4n) is 3.21. The lowest BCUT2D eigenvalue weighted by Gasteiger charge is -2.29. The normalized spacial score (nSPS) is 23.8. The van der Waals surface area contributed by atoms with Gasteiger partial charge in [0.05, 0.1) is 0 Å². The van der Waals surface area contributed by atoms with E-state index in [1.54, 1.807) is 0 Å². The van der Waals surface area contributed by atoms with E-state index >= 15 is 0 Å². The molecule has 2 unspecified atom stereocenters. The van der Waals surface area contributed by atoms with E-state index in [1.165, 1.54) is 64.5 Å². The van der Waals surface area contributed by atoms with Gasteiger partial charge < -0.3 is 10.2 Å². The van der Waals surface area contributed by atoms with Crippen LogP contribution in [-0.4, -0.2) is 36.6 Å². The molecule has 0 aromatic rings. The van der Waals surface area contributed by atoms with Gasteiger partial charge in [-0.05, 0) is 58.7 Å². The summed E-state index contributed by atoms with van der Waals surface area (Å²) in [4.78, 5) is 2.77. The molecular weight excluding hydrogens is 220 g/mol. The van der Waals surface area contributed by atoms with Crippen LogP contribution in [0.1, 0.15) is 72.1 Å². The monoisotopic (exact) mass is 254 g/mol. The van der Waals surface area contributed by atoms with Crippen LogP contribution in [0.2, 0.25) is 0 Å². The first-order valence-corrected chi connectivity index (χ1v) is 8.25. The van der Waals surface area contributed by atoms with Gasteiger partial charge in [0.25, 0.3) is 0 Å². The van der Waals surface area contributed by atoms with E-state index in [0.29, 0.717) is 6.04 Å². The van der Waals surface area contributed by atoms with Crippen LogP contribution in [0.15, 0.2) is 0 Å². The van der Waals surface area contributed by atoms with E-state index in [4.69, 9.17) is 0 Å². The quantitative estimate of drug-likeness (QED) is 0.663. The molecule has 18 heavy (non-hydrogen) atoms. The summed E-state index contributed by atoms with van der Waals surface area (Å²) in [6.07, 6.45) is 11.2. The first-order chi connectivity index (χ1) is 8.77. The van der Waals surface area contributed by atoms with E-state index in [-0.39, 0.29) is 0 Å². The van der Waals surface area contributed by atoms with Crippen LogP contribution in [-0.2, 0) is 0 Å². The number of rotatable bonds is 8. The van der Waals surface area contributed by atoms with E-state index in [1.807, 2.05) is 0 Å². The zero-order valence-corrected chi connectivity index (χ0v) is 12.9. The third-order valence-electron chi connectivity index (χ3n) is 4.36. The van der Waals surface area contributed by atoms with Gasteiger partial charge in [0.15, 0.2) is 0 Å². The van der Waals surface area contributed by atoms with Crippen molar-refractivity contribution in [1.29, 1.82) is 0 Å². The molecule has 1 N–H and O–H groups in total. The van der Waals surface area contributed by atoms with E-state index in [0.717, 1.165) is 12.6 Å². The van der Waals surface area contributed by atoms with Gasteiger partial charge in [-0.2, -0.15) is 0 Å². The van der Waals surface area contributed by atoms with Gasteiger partial charge in [0, 0.05) is 12.1 Å². The van der Waals surface area contributed by atoms with E-state index < -0.39 is 0 Å². The summed E-state index contributed by atoms with van der Waals surface area (Å²) < 4.78 is 0. The molecule has 2 heteroatoms. The van der Waals surface area contributed by atoms with Crippen LogP contribution in [0.3, 0.4) is 0 Å². The minimum atomic E-state index is 0.695. The molecule has 0 aromatic heterocycles. The second-order valence-electron chi connectivity index (χ2n) is 5.90. The molecule has 0 bridgehead atoms. The predicted octanol–water partition coefficient (Wildman–Crippen LogP) is 3.81. The first kappa shape index (κ1) is 16.0. The largest absolute Gasteiger partial charge is 0.315 e. The molecule has 2 nitrogen and oxygen atoms in total. The van der Waals surface area contributed by atoms with Crippen molar-refractivity contribution >= 4 is 0 Å². The van der Waals surface area contributed by atoms with Gasteiger partial charge >= 0.3 is 0 Å². The van der Waals surface area contributed by atoms with Crippen molar-refractivity contribution in [2.75, 3.05) is 19.6 Å². The molecule has 0 aliphatic carbocycles. The average molecular weight is 254 g/mol. The standard InChI is InChI=1S/C16H34N2/c1-4-16-12-7-6-9-13-18(16)14-10-8-11-15(3)17-5-2/h15-17H,4-14H2,1-3H3. The van der Waals surface area contributed by atoms with Crippen molar-refractivity contribution < 1.29 is 0 Å². The molecular formula is C16H34N2. The lowest BCUT2D eigenvalue weighted by Crippen LogP contribution is -2.35. The molecule has 2 atom stereocenters. The summed E-state index contributed by atoms with van der Waals surface area (Å²) in [6, 6.07) is 1.57. The molecule has 1 rings (SSSR count). The predicted molar refractivity (Wildman–Crippen MR) is 81.1 cm³/mol. The van der Waals surface area contributed by atoms with Gasteiger partial charge in [-0.25, -0.2) is 0 Å². The van der Waals surface area contributed by atoms with Gasteiger partial charge in [-0.1, -0.05) is 33.1 Å². The third-order valence-corrected chi connectivity index (χ3v) is 4.36. The Morgan fingerprint density at radius 3 is 2.72 bits per heavy atom. The van der Waals surface area contributed by atoms with Crippen LogP contribution in [0.4, 0.5) is 0 Å². The van der Waals surface area contributed by atoms with Crippen molar-refractivity contribution in [3.8, 4) is 0 Å². The first-order valence-electron chi connectivity index (χ1n) is 8.25. The van der Waals surface area contributed by atoms with Crippen LogP contribution < -0.4 is 5.32 Å². The fraction of sp³-hybridized carbons (Fsp3) is 1.00. The smallest absolute Gasteiger partial charge is 0.00926 e. The minimum absolute atomic E-state index is 0.695. The maximum atomic E-state index is 3.50. The Kier molecular flexibility index (Phi) is 8.70. The van der Waals surface area contributed by atoms with Crippen molar-refractivity contribution in [3.63, 3.8) is 0 Å². The van der Waals surface area contributed by atoms with Crippen LogP contribution in [0, 0.1) is 0 Å². The molecule has 0 amide bonds. The van der Waals surface area contributed by atoms with E-state index in [9.17, 15) is 0 Å². The van der Waals surface area contributed by atoms with Gasteiger partial charge in [0.1, 0.15) is 0 Å². The summed E-state index contributed by atoms with van der Waals surface area (Å²) in [5.74, 6) is 0. The summed E-state index contributed by atoms with van der Waals surface area (Å²) in [5.41, 5.74) is 0. The van der Waals surface area contributed by atoms with Gasteiger partial charge in [0.2, 0.25) is 0 Å². The van der Waals surface area contributed by atoms with Crippen LogP contribution in [0.5, 0.6) is 0 Å². The Hall–Kier alpha value is -0.0800. The number of hydrogen-bond donors (Lipinski definition) is 1. The molecule has 0 saturated carbocycles. The zero-order valence-electron chi connectivity index (χ0n) is 12.9. The molecule has 108 valence electrons. The number of unbranched alkanes of at least 4 members (excludes halogenated alkanes) is 1. The zero-order chi connectivity index (χ0) is 13.2. The van der Waals surface area contributed by atoms with Crippen molar-refractivity contribution in [2.24, 2.45) is 0 Å². The number of hydrogen-bond acceptors (Lipinski definition) is 2. The highest BCUT2D eigenvalue weighted by Gasteiger charge is 2.18. The maximum absolute atomic E-state index is 3.50. The lowest BCUT2D eigenvalue weighted by atomic mass is 10.1. The molecule has 1 saturated heterocycles. The summed E-state index contributed by atoms with van der Waals surface area (Å²) in [6.45, 7) is 10.6. The summed E-state index contributed by atoms with van der Waals surface area (Å²) >= 11 is 0. The van der Waals surface area contributed by atoms with Crippen molar-refractivity contribution in [1.82, 2.24) is 10.2 Å². The molecule has 1 aliphatic rings. The Bertz CT molecular complexity index is 194. The SMILES string of the molecule is CCNC(C)CCCCN1CCCCCC1CC. The molecule has 0 spiro atoms. The molecule has 0 radical (unpaired) electrons. The third kappa shape index (κ3) is 6.19. The number of likely N-dealkylation sites (tertiary alicyclic amines) is 1. The Morgan fingerprint density at radius 1 is 1.17 bits per heavy atom. The Labute approximate surface area is 115 Å². The molecule has 1 aliphatic heterocycles.